The first kappa shape index (κ1) is 18.4. The van der Waals surface area contributed by atoms with Gasteiger partial charge in [0.2, 0.25) is 11.8 Å². The van der Waals surface area contributed by atoms with E-state index in [4.69, 9.17) is 11.6 Å². The molecule has 148 valence electrons. The van der Waals surface area contributed by atoms with E-state index < -0.39 is 0 Å². The molecule has 0 unspecified atom stereocenters. The van der Waals surface area contributed by atoms with Crippen LogP contribution in [0.1, 0.15) is 35.2 Å². The third-order valence-corrected chi connectivity index (χ3v) is 7.24. The second kappa shape index (κ2) is 6.70. The minimum absolute atomic E-state index is 0.147. The molecular weight excluding hydrogens is 388 g/mol. The Balaban J connectivity index is 1.49. The molecule has 6 heteroatoms. The van der Waals surface area contributed by atoms with Gasteiger partial charge in [-0.1, -0.05) is 29.8 Å². The van der Waals surface area contributed by atoms with Gasteiger partial charge in [0.1, 0.15) is 0 Å². The zero-order chi connectivity index (χ0) is 20.3. The van der Waals surface area contributed by atoms with Crippen molar-refractivity contribution in [3.05, 3.63) is 58.6 Å². The molecule has 4 atom stereocenters. The highest BCUT2D eigenvalue weighted by atomic mass is 35.5. The summed E-state index contributed by atoms with van der Waals surface area (Å²) in [6, 6.07) is 12.1. The summed E-state index contributed by atoms with van der Waals surface area (Å²) < 4.78 is 0. The zero-order valence-electron chi connectivity index (χ0n) is 16.0. The maximum atomic E-state index is 13.2. The van der Waals surface area contributed by atoms with Gasteiger partial charge < -0.3 is 5.32 Å². The highest BCUT2D eigenvalue weighted by Gasteiger charge is 2.61. The van der Waals surface area contributed by atoms with Crippen LogP contribution in [0, 0.1) is 30.6 Å². The Morgan fingerprint density at radius 3 is 2.34 bits per heavy atom. The zero-order valence-corrected chi connectivity index (χ0v) is 16.8. The molecule has 2 bridgehead atoms. The van der Waals surface area contributed by atoms with E-state index in [1.165, 1.54) is 4.90 Å². The highest BCUT2D eigenvalue weighted by Crippen LogP contribution is 2.56. The van der Waals surface area contributed by atoms with Gasteiger partial charge in [-0.2, -0.15) is 0 Å². The van der Waals surface area contributed by atoms with Gasteiger partial charge in [-0.3, -0.25) is 14.4 Å². The number of amides is 3. The number of nitrogens with zero attached hydrogens (tertiary/aromatic N) is 1. The van der Waals surface area contributed by atoms with Crippen LogP contribution in [0.2, 0.25) is 5.02 Å². The summed E-state index contributed by atoms with van der Waals surface area (Å²) in [6.07, 6.45) is 3.03. The molecule has 0 aromatic heterocycles. The minimum atomic E-state index is -0.369. The Hall–Kier alpha value is -2.66. The quantitative estimate of drug-likeness (QED) is 0.763. The summed E-state index contributed by atoms with van der Waals surface area (Å²) in [6.45, 7) is 1.83. The van der Waals surface area contributed by atoms with Gasteiger partial charge in [-0.15, -0.1) is 0 Å². The first-order chi connectivity index (χ1) is 14.0. The smallest absolute Gasteiger partial charge is 0.257 e. The van der Waals surface area contributed by atoms with Crippen molar-refractivity contribution in [2.45, 2.75) is 26.2 Å². The van der Waals surface area contributed by atoms with Gasteiger partial charge in [0.25, 0.3) is 5.91 Å². The number of imide groups is 1. The molecule has 2 saturated carbocycles. The van der Waals surface area contributed by atoms with Gasteiger partial charge in [0, 0.05) is 10.7 Å². The van der Waals surface area contributed by atoms with Gasteiger partial charge >= 0.3 is 0 Å². The van der Waals surface area contributed by atoms with Crippen LogP contribution in [0.3, 0.4) is 0 Å². The maximum absolute atomic E-state index is 13.2. The lowest BCUT2D eigenvalue weighted by atomic mass is 9.81. The number of hydrogen-bond acceptors (Lipinski definition) is 3. The van der Waals surface area contributed by atoms with E-state index in [9.17, 15) is 14.4 Å². The summed E-state index contributed by atoms with van der Waals surface area (Å²) >= 11 is 6.16. The van der Waals surface area contributed by atoms with Crippen molar-refractivity contribution >= 4 is 40.7 Å². The normalized spacial score (nSPS) is 27.4. The number of rotatable bonds is 3. The van der Waals surface area contributed by atoms with Crippen LogP contribution in [-0.2, 0) is 9.59 Å². The summed E-state index contributed by atoms with van der Waals surface area (Å²) in [5.41, 5.74) is 2.04. The molecule has 0 spiro atoms. The number of hydrogen-bond donors (Lipinski definition) is 1. The molecule has 1 aliphatic heterocycles. The Bertz CT molecular complexity index is 1020. The molecule has 3 aliphatic rings. The maximum Gasteiger partial charge on any atom is 0.257 e. The highest BCUT2D eigenvalue weighted by molar-refractivity contribution is 6.32. The van der Waals surface area contributed by atoms with Gasteiger partial charge in [0.15, 0.2) is 0 Å². The molecule has 29 heavy (non-hydrogen) atoms. The van der Waals surface area contributed by atoms with E-state index in [0.717, 1.165) is 24.8 Å². The van der Waals surface area contributed by atoms with Crippen LogP contribution < -0.4 is 10.2 Å². The molecule has 1 heterocycles. The Kier molecular flexibility index (Phi) is 4.24. The lowest BCUT2D eigenvalue weighted by molar-refractivity contribution is -0.123. The molecule has 5 rings (SSSR count). The standard InChI is InChI=1S/C23H21ClN2O3/c1-12-16(24)6-4-7-17(12)25-21(27)15-5-2-3-8-18(15)26-22(28)19-13-9-10-14(11-13)20(19)23(26)29/h2-8,13-14,19-20H,9-11H2,1H3,(H,25,27)/t13-,14+,19-,20-/m0/s1. The molecule has 3 fully saturated rings. The fourth-order valence-electron chi connectivity index (χ4n) is 5.44. The predicted octanol–water partition coefficient (Wildman–Crippen LogP) is 4.44. The molecule has 2 aromatic rings. The van der Waals surface area contributed by atoms with Crippen LogP contribution in [0.15, 0.2) is 42.5 Å². The van der Waals surface area contributed by atoms with Crippen molar-refractivity contribution in [3.8, 4) is 0 Å². The molecule has 2 aliphatic carbocycles. The monoisotopic (exact) mass is 408 g/mol. The van der Waals surface area contributed by atoms with E-state index in [0.29, 0.717) is 33.8 Å². The van der Waals surface area contributed by atoms with Crippen molar-refractivity contribution in [1.82, 2.24) is 0 Å². The molecule has 5 nitrogen and oxygen atoms in total. The number of benzene rings is 2. The SMILES string of the molecule is Cc1c(Cl)cccc1NC(=O)c1ccccc1N1C(=O)[C@H]2[C@@H]3CC[C@@H](C3)[C@@H]2C1=O. The number of fused-ring (bicyclic) bond motifs is 5. The Labute approximate surface area is 174 Å². The van der Waals surface area contributed by atoms with E-state index in [2.05, 4.69) is 5.32 Å². The lowest BCUT2D eigenvalue weighted by Gasteiger charge is -2.20. The first-order valence-corrected chi connectivity index (χ1v) is 10.4. The molecule has 1 N–H and O–H groups in total. The van der Waals surface area contributed by atoms with Crippen molar-refractivity contribution in [1.29, 1.82) is 0 Å². The number of carbonyl (C=O) groups excluding carboxylic acids is 3. The van der Waals surface area contributed by atoms with Crippen molar-refractivity contribution < 1.29 is 14.4 Å². The molecule has 0 radical (unpaired) electrons. The summed E-state index contributed by atoms with van der Waals surface area (Å²) in [4.78, 5) is 40.7. The number of carbonyl (C=O) groups is 3. The first-order valence-electron chi connectivity index (χ1n) is 10.0. The summed E-state index contributed by atoms with van der Waals surface area (Å²) in [5, 5.41) is 3.43. The third-order valence-electron chi connectivity index (χ3n) is 6.83. The van der Waals surface area contributed by atoms with Crippen LogP contribution in [0.5, 0.6) is 0 Å². The third kappa shape index (κ3) is 2.71. The second-order valence-corrected chi connectivity index (χ2v) is 8.69. The van der Waals surface area contributed by atoms with Crippen molar-refractivity contribution in [3.63, 3.8) is 0 Å². The number of nitrogens with one attached hydrogen (secondary N) is 1. The molecule has 3 amide bonds. The average Bonchev–Trinajstić information content (AvgIpc) is 3.39. The second-order valence-electron chi connectivity index (χ2n) is 8.28. The fourth-order valence-corrected chi connectivity index (χ4v) is 5.61. The van der Waals surface area contributed by atoms with Gasteiger partial charge in [0.05, 0.1) is 23.1 Å². The van der Waals surface area contributed by atoms with Crippen LogP contribution in [-0.4, -0.2) is 17.7 Å². The summed E-state index contributed by atoms with van der Waals surface area (Å²) in [7, 11) is 0. The molecule has 1 saturated heterocycles. The Morgan fingerprint density at radius 2 is 1.66 bits per heavy atom. The van der Waals surface area contributed by atoms with Crippen LogP contribution in [0.4, 0.5) is 11.4 Å². The van der Waals surface area contributed by atoms with Crippen molar-refractivity contribution in [2.75, 3.05) is 10.2 Å². The summed E-state index contributed by atoms with van der Waals surface area (Å²) in [5.74, 6) is -0.479. The van der Waals surface area contributed by atoms with E-state index in [1.807, 2.05) is 6.92 Å². The number of anilines is 2. The van der Waals surface area contributed by atoms with Crippen LogP contribution in [0.25, 0.3) is 0 Å². The van der Waals surface area contributed by atoms with Crippen LogP contribution >= 0.6 is 11.6 Å². The van der Waals surface area contributed by atoms with E-state index in [-0.39, 0.29) is 29.6 Å². The minimum Gasteiger partial charge on any atom is -0.322 e. The lowest BCUT2D eigenvalue weighted by Crippen LogP contribution is -2.34. The van der Waals surface area contributed by atoms with Gasteiger partial charge in [-0.25, -0.2) is 4.90 Å². The van der Waals surface area contributed by atoms with Gasteiger partial charge in [-0.05, 0) is 67.9 Å². The van der Waals surface area contributed by atoms with E-state index >= 15 is 0 Å². The number of halogens is 1. The Morgan fingerprint density at radius 1 is 1.00 bits per heavy atom. The molecule has 2 aromatic carbocycles. The topological polar surface area (TPSA) is 66.5 Å². The number of para-hydroxylation sites is 1. The average molecular weight is 409 g/mol. The fraction of sp³-hybridized carbons (Fsp3) is 0.348. The largest absolute Gasteiger partial charge is 0.322 e. The van der Waals surface area contributed by atoms with E-state index in [1.54, 1.807) is 42.5 Å². The predicted molar refractivity (Wildman–Crippen MR) is 111 cm³/mol. The van der Waals surface area contributed by atoms with Crippen molar-refractivity contribution in [2.24, 2.45) is 23.7 Å². The molecular formula is C23H21ClN2O3.